The molecule has 1 N–H and O–H groups in total. The van der Waals surface area contributed by atoms with Gasteiger partial charge in [0.05, 0.1) is 5.69 Å². The molecule has 0 bridgehead atoms. The molecule has 1 unspecified atom stereocenters. The Bertz CT molecular complexity index is 412. The summed E-state index contributed by atoms with van der Waals surface area (Å²) in [5.74, 6) is 0.866. The van der Waals surface area contributed by atoms with Crippen molar-refractivity contribution in [3.05, 3.63) is 28.2 Å². The number of aryl methyl sites for hydroxylation is 1. The van der Waals surface area contributed by atoms with Crippen molar-refractivity contribution in [1.82, 2.24) is 0 Å². The summed E-state index contributed by atoms with van der Waals surface area (Å²) in [6.07, 6.45) is 2.40. The first-order chi connectivity index (χ1) is 7.58. The van der Waals surface area contributed by atoms with Gasteiger partial charge in [-0.05, 0) is 59.3 Å². The minimum absolute atomic E-state index is 0.132. The van der Waals surface area contributed by atoms with E-state index in [0.717, 1.165) is 15.7 Å². The molecule has 1 aliphatic carbocycles. The predicted octanol–water partition coefficient (Wildman–Crippen LogP) is 3.74. The van der Waals surface area contributed by atoms with E-state index in [0.29, 0.717) is 5.92 Å². The van der Waals surface area contributed by atoms with E-state index in [2.05, 4.69) is 21.2 Å². The molecule has 3 heteroatoms. The summed E-state index contributed by atoms with van der Waals surface area (Å²) < 4.78 is 0.939. The van der Waals surface area contributed by atoms with Crippen molar-refractivity contribution in [3.8, 4) is 0 Å². The molecular formula is C13H16BrNO. The van der Waals surface area contributed by atoms with E-state index < -0.39 is 0 Å². The van der Waals surface area contributed by atoms with Gasteiger partial charge < -0.3 is 5.32 Å². The Hall–Kier alpha value is -0.830. The molecule has 0 aromatic heterocycles. The molecular weight excluding hydrogens is 266 g/mol. The SMILES string of the molecule is Cc1ccc(Br)c(NC(=O)C(C)C2CC2)c1. The first kappa shape index (κ1) is 11.6. The Labute approximate surface area is 105 Å². The van der Waals surface area contributed by atoms with Gasteiger partial charge in [-0.2, -0.15) is 0 Å². The third-order valence-electron chi connectivity index (χ3n) is 3.12. The van der Waals surface area contributed by atoms with Crippen molar-refractivity contribution >= 4 is 27.5 Å². The highest BCUT2D eigenvalue weighted by molar-refractivity contribution is 9.10. The molecule has 2 rings (SSSR count). The number of benzene rings is 1. The van der Waals surface area contributed by atoms with Crippen molar-refractivity contribution in [1.29, 1.82) is 0 Å². The standard InChI is InChI=1S/C13H16BrNO/c1-8-3-6-11(14)12(7-8)15-13(16)9(2)10-4-5-10/h3,6-7,9-10H,4-5H2,1-2H3,(H,15,16). The van der Waals surface area contributed by atoms with Crippen LogP contribution in [0.4, 0.5) is 5.69 Å². The zero-order valence-electron chi connectivity index (χ0n) is 9.59. The van der Waals surface area contributed by atoms with E-state index in [1.807, 2.05) is 32.0 Å². The number of hydrogen-bond acceptors (Lipinski definition) is 1. The molecule has 0 heterocycles. The van der Waals surface area contributed by atoms with E-state index in [4.69, 9.17) is 0 Å². The van der Waals surface area contributed by atoms with E-state index in [-0.39, 0.29) is 11.8 Å². The fourth-order valence-electron chi connectivity index (χ4n) is 1.79. The van der Waals surface area contributed by atoms with Crippen LogP contribution in [0.5, 0.6) is 0 Å². The van der Waals surface area contributed by atoms with Gasteiger partial charge in [-0.25, -0.2) is 0 Å². The maximum atomic E-state index is 11.9. The van der Waals surface area contributed by atoms with Crippen LogP contribution in [0.2, 0.25) is 0 Å². The van der Waals surface area contributed by atoms with E-state index >= 15 is 0 Å². The van der Waals surface area contributed by atoms with Crippen LogP contribution in [0, 0.1) is 18.8 Å². The van der Waals surface area contributed by atoms with Gasteiger partial charge in [-0.15, -0.1) is 0 Å². The van der Waals surface area contributed by atoms with Crippen LogP contribution in [-0.4, -0.2) is 5.91 Å². The minimum atomic E-state index is 0.132. The Morgan fingerprint density at radius 3 is 2.81 bits per heavy atom. The van der Waals surface area contributed by atoms with Gasteiger partial charge in [0.25, 0.3) is 0 Å². The summed E-state index contributed by atoms with van der Waals surface area (Å²) >= 11 is 3.45. The van der Waals surface area contributed by atoms with Crippen molar-refractivity contribution in [2.75, 3.05) is 5.32 Å². The summed E-state index contributed by atoms with van der Waals surface area (Å²) in [4.78, 5) is 11.9. The largest absolute Gasteiger partial charge is 0.325 e. The van der Waals surface area contributed by atoms with Crippen molar-refractivity contribution in [2.24, 2.45) is 11.8 Å². The molecule has 1 fully saturated rings. The maximum Gasteiger partial charge on any atom is 0.227 e. The van der Waals surface area contributed by atoms with Crippen molar-refractivity contribution < 1.29 is 4.79 Å². The summed E-state index contributed by atoms with van der Waals surface area (Å²) in [5.41, 5.74) is 2.02. The molecule has 16 heavy (non-hydrogen) atoms. The first-order valence-corrected chi connectivity index (χ1v) is 6.44. The van der Waals surface area contributed by atoms with E-state index in [9.17, 15) is 4.79 Å². The quantitative estimate of drug-likeness (QED) is 0.899. The van der Waals surface area contributed by atoms with Gasteiger partial charge in [-0.1, -0.05) is 13.0 Å². The third kappa shape index (κ3) is 2.64. The van der Waals surface area contributed by atoms with Crippen LogP contribution in [0.15, 0.2) is 22.7 Å². The maximum absolute atomic E-state index is 11.9. The highest BCUT2D eigenvalue weighted by Gasteiger charge is 2.32. The fraction of sp³-hybridized carbons (Fsp3) is 0.462. The van der Waals surface area contributed by atoms with Crippen molar-refractivity contribution in [3.63, 3.8) is 0 Å². The topological polar surface area (TPSA) is 29.1 Å². The molecule has 0 aliphatic heterocycles. The molecule has 1 amide bonds. The van der Waals surface area contributed by atoms with E-state index in [1.165, 1.54) is 12.8 Å². The third-order valence-corrected chi connectivity index (χ3v) is 3.81. The minimum Gasteiger partial charge on any atom is -0.325 e. The van der Waals surface area contributed by atoms with Crippen molar-refractivity contribution in [2.45, 2.75) is 26.7 Å². The molecule has 2 nitrogen and oxygen atoms in total. The van der Waals surface area contributed by atoms with Crippen LogP contribution in [0.25, 0.3) is 0 Å². The number of carbonyl (C=O) groups excluding carboxylic acids is 1. The molecule has 0 saturated heterocycles. The van der Waals surface area contributed by atoms with Gasteiger partial charge in [0.15, 0.2) is 0 Å². The van der Waals surface area contributed by atoms with Gasteiger partial charge in [-0.3, -0.25) is 4.79 Å². The summed E-state index contributed by atoms with van der Waals surface area (Å²) in [5, 5.41) is 2.99. The Morgan fingerprint density at radius 1 is 1.50 bits per heavy atom. The van der Waals surface area contributed by atoms with Gasteiger partial charge in [0, 0.05) is 10.4 Å². The second-order valence-corrected chi connectivity index (χ2v) is 5.45. The number of anilines is 1. The van der Waals surface area contributed by atoms with Crippen LogP contribution in [-0.2, 0) is 4.79 Å². The lowest BCUT2D eigenvalue weighted by Gasteiger charge is -2.12. The van der Waals surface area contributed by atoms with E-state index in [1.54, 1.807) is 0 Å². The fourth-order valence-corrected chi connectivity index (χ4v) is 2.14. The highest BCUT2D eigenvalue weighted by Crippen LogP contribution is 2.37. The monoisotopic (exact) mass is 281 g/mol. The second-order valence-electron chi connectivity index (χ2n) is 4.60. The lowest BCUT2D eigenvalue weighted by molar-refractivity contribution is -0.119. The van der Waals surface area contributed by atoms with Crippen LogP contribution in [0.1, 0.15) is 25.3 Å². The molecule has 1 aromatic rings. The van der Waals surface area contributed by atoms with Gasteiger partial charge >= 0.3 is 0 Å². The lowest BCUT2D eigenvalue weighted by atomic mass is 10.1. The first-order valence-electron chi connectivity index (χ1n) is 5.65. The average Bonchev–Trinajstić information content (AvgIpc) is 3.06. The lowest BCUT2D eigenvalue weighted by Crippen LogP contribution is -2.22. The Kier molecular flexibility index (Phi) is 3.33. The number of hydrogen-bond donors (Lipinski definition) is 1. The number of rotatable bonds is 3. The molecule has 1 aliphatic rings. The molecule has 1 saturated carbocycles. The zero-order chi connectivity index (χ0) is 11.7. The van der Waals surface area contributed by atoms with Gasteiger partial charge in [0.2, 0.25) is 5.91 Å². The summed E-state index contributed by atoms with van der Waals surface area (Å²) in [6.45, 7) is 4.03. The van der Waals surface area contributed by atoms with Gasteiger partial charge in [0.1, 0.15) is 0 Å². The summed E-state index contributed by atoms with van der Waals surface area (Å²) in [7, 11) is 0. The van der Waals surface area contributed by atoms with Crippen LogP contribution in [0.3, 0.4) is 0 Å². The normalized spacial score (nSPS) is 16.9. The number of halogens is 1. The predicted molar refractivity (Wildman–Crippen MR) is 69.4 cm³/mol. The highest BCUT2D eigenvalue weighted by atomic mass is 79.9. The zero-order valence-corrected chi connectivity index (χ0v) is 11.2. The number of amides is 1. The molecule has 1 atom stereocenters. The Morgan fingerprint density at radius 2 is 2.19 bits per heavy atom. The Balaban J connectivity index is 2.07. The smallest absolute Gasteiger partial charge is 0.227 e. The van der Waals surface area contributed by atoms with Crippen LogP contribution >= 0.6 is 15.9 Å². The average molecular weight is 282 g/mol. The molecule has 86 valence electrons. The molecule has 0 spiro atoms. The summed E-state index contributed by atoms with van der Waals surface area (Å²) in [6, 6.07) is 5.97. The number of carbonyl (C=O) groups is 1. The molecule has 0 radical (unpaired) electrons. The number of nitrogens with one attached hydrogen (secondary N) is 1. The second kappa shape index (κ2) is 4.58. The van der Waals surface area contributed by atoms with Crippen LogP contribution < -0.4 is 5.32 Å². The molecule has 1 aromatic carbocycles.